The van der Waals surface area contributed by atoms with Crippen molar-refractivity contribution in [3.05, 3.63) is 33.5 Å². The molecule has 0 saturated carbocycles. The fraction of sp³-hybridized carbons (Fsp3) is 0.455. The van der Waals surface area contributed by atoms with Gasteiger partial charge in [0.15, 0.2) is 29.7 Å². The first-order chi connectivity index (χ1) is 19.2. The highest BCUT2D eigenvalue weighted by Gasteiger charge is 2.52. The molecular formula is C22H24N2O10S2. The van der Waals surface area contributed by atoms with Gasteiger partial charge in [0, 0.05) is 44.0 Å². The molecule has 1 aliphatic heterocycles. The lowest BCUT2D eigenvalue weighted by Gasteiger charge is -2.44. The predicted octanol–water partition coefficient (Wildman–Crippen LogP) is 1.93. The van der Waals surface area contributed by atoms with E-state index in [1.165, 1.54) is 17.5 Å². The van der Waals surface area contributed by atoms with Gasteiger partial charge in [-0.05, 0) is 11.4 Å². The molecule has 194 valence electrons. The minimum absolute atomic E-state index is 0.115. The number of aromatic nitrogens is 1. The van der Waals surface area contributed by atoms with Crippen LogP contribution >= 0.6 is 22.7 Å². The van der Waals surface area contributed by atoms with E-state index in [0.717, 1.165) is 11.3 Å². The van der Waals surface area contributed by atoms with Gasteiger partial charge in [0.05, 0.1) is 11.1 Å². The zero-order chi connectivity index (χ0) is 29.2. The van der Waals surface area contributed by atoms with Crippen LogP contribution in [0.4, 0.5) is 5.13 Å². The van der Waals surface area contributed by atoms with Gasteiger partial charge in [-0.25, -0.2) is 4.98 Å². The van der Waals surface area contributed by atoms with Gasteiger partial charge in [-0.15, -0.1) is 0 Å². The first kappa shape index (κ1) is 21.9. The molecule has 1 unspecified atom stereocenters. The number of carbonyl (C=O) groups is 5. The van der Waals surface area contributed by atoms with Crippen LogP contribution in [0.3, 0.4) is 0 Å². The molecule has 1 saturated heterocycles. The zero-order valence-electron chi connectivity index (χ0n) is 22.6. The fourth-order valence-electron chi connectivity index (χ4n) is 3.30. The minimum Gasteiger partial charge on any atom is -0.463 e. The molecule has 2 aromatic heterocycles. The van der Waals surface area contributed by atoms with Crippen molar-refractivity contribution in [2.24, 2.45) is 0 Å². The lowest BCUT2D eigenvalue weighted by molar-refractivity contribution is -0.247. The van der Waals surface area contributed by atoms with Crippen LogP contribution in [0.5, 0.6) is 0 Å². The molecule has 0 spiro atoms. The number of nitrogens with one attached hydrogen (secondary N) is 1. The van der Waals surface area contributed by atoms with Crippen molar-refractivity contribution in [2.75, 3.05) is 11.9 Å². The summed E-state index contributed by atoms with van der Waals surface area (Å²) in [7, 11) is 0. The maximum absolute atomic E-state index is 12.7. The Kier molecular flexibility index (Phi) is 7.33. The summed E-state index contributed by atoms with van der Waals surface area (Å²) in [6, 6.07) is 1.65. The predicted molar refractivity (Wildman–Crippen MR) is 125 cm³/mol. The van der Waals surface area contributed by atoms with Gasteiger partial charge >= 0.3 is 23.9 Å². The van der Waals surface area contributed by atoms with Crippen molar-refractivity contribution < 1.29 is 53.1 Å². The number of ketones is 1. The SMILES string of the molecule is [2H]CC(=O)OC[C@H]1OC(Nc2ncc(C(=O)c3ccsc3)s2)[C@@H](OC(=O)C[2H])[C@@H](OC(=O)C[2H])[C@@H]1OC(=O)C[2H]. The van der Waals surface area contributed by atoms with Crippen molar-refractivity contribution in [2.45, 2.75) is 58.2 Å². The Morgan fingerprint density at radius 2 is 1.67 bits per heavy atom. The second kappa shape index (κ2) is 12.1. The second-order valence-corrected chi connectivity index (χ2v) is 8.97. The third-order valence-electron chi connectivity index (χ3n) is 4.62. The summed E-state index contributed by atoms with van der Waals surface area (Å²) in [6.45, 7) is -3.85. The van der Waals surface area contributed by atoms with E-state index in [9.17, 15) is 24.0 Å². The Bertz CT molecular complexity index is 1200. The molecule has 3 rings (SSSR count). The highest BCUT2D eigenvalue weighted by molar-refractivity contribution is 7.17. The molecule has 36 heavy (non-hydrogen) atoms. The lowest BCUT2D eigenvalue weighted by Crippen LogP contribution is -2.64. The van der Waals surface area contributed by atoms with Crippen LogP contribution in [0.15, 0.2) is 23.0 Å². The minimum atomic E-state index is -1.64. The van der Waals surface area contributed by atoms with Gasteiger partial charge in [0.25, 0.3) is 0 Å². The molecule has 0 bridgehead atoms. The summed E-state index contributed by atoms with van der Waals surface area (Å²) in [4.78, 5) is 65.2. The molecule has 14 heteroatoms. The van der Waals surface area contributed by atoms with Gasteiger partial charge in [-0.3, -0.25) is 24.0 Å². The quantitative estimate of drug-likeness (QED) is 0.278. The van der Waals surface area contributed by atoms with Crippen LogP contribution in [-0.2, 0) is 42.9 Å². The topological polar surface area (TPSA) is 156 Å². The number of hydrogen-bond donors (Lipinski definition) is 1. The normalized spacial score (nSPS) is 24.7. The average molecular weight is 545 g/mol. The van der Waals surface area contributed by atoms with E-state index < -0.39 is 88.7 Å². The Morgan fingerprint density at radius 1 is 1.00 bits per heavy atom. The zero-order valence-corrected chi connectivity index (χ0v) is 20.2. The number of rotatable bonds is 9. The number of nitrogens with zero attached hydrogens (tertiary/aromatic N) is 1. The van der Waals surface area contributed by atoms with E-state index in [2.05, 4.69) is 10.3 Å². The third-order valence-corrected chi connectivity index (χ3v) is 6.23. The molecule has 2 aromatic rings. The van der Waals surface area contributed by atoms with Gasteiger partial charge in [-0.1, -0.05) is 11.3 Å². The monoisotopic (exact) mass is 544 g/mol. The Balaban J connectivity index is 1.97. The average Bonchev–Trinajstić information content (AvgIpc) is 3.67. The molecule has 3 heterocycles. The molecular weight excluding hydrogens is 516 g/mol. The molecule has 0 aromatic carbocycles. The number of hydrogen-bond acceptors (Lipinski definition) is 14. The van der Waals surface area contributed by atoms with Gasteiger partial charge in [0.1, 0.15) is 12.7 Å². The lowest BCUT2D eigenvalue weighted by atomic mass is 9.97. The van der Waals surface area contributed by atoms with Gasteiger partial charge < -0.3 is 29.0 Å². The molecule has 1 fully saturated rings. The first-order valence-electron chi connectivity index (χ1n) is 12.9. The number of thiophene rings is 1. The maximum atomic E-state index is 12.7. The van der Waals surface area contributed by atoms with Crippen LogP contribution in [-0.4, -0.2) is 71.9 Å². The molecule has 1 aliphatic rings. The van der Waals surface area contributed by atoms with Crippen molar-refractivity contribution in [1.82, 2.24) is 4.98 Å². The fourth-order valence-corrected chi connectivity index (χ4v) is 4.74. The molecule has 1 N–H and O–H groups in total. The number of esters is 4. The summed E-state index contributed by atoms with van der Waals surface area (Å²) in [5.41, 5.74) is 0.453. The van der Waals surface area contributed by atoms with E-state index in [0.29, 0.717) is 5.56 Å². The number of thiazole rings is 1. The van der Waals surface area contributed by atoms with E-state index in [1.807, 2.05) is 0 Å². The van der Waals surface area contributed by atoms with Crippen LogP contribution in [0.2, 0.25) is 0 Å². The Hall–Kier alpha value is -3.36. The van der Waals surface area contributed by atoms with Gasteiger partial charge in [-0.2, -0.15) is 11.3 Å². The smallest absolute Gasteiger partial charge is 0.303 e. The summed E-state index contributed by atoms with van der Waals surface area (Å²) >= 11 is 2.28. The van der Waals surface area contributed by atoms with Crippen LogP contribution < -0.4 is 5.32 Å². The van der Waals surface area contributed by atoms with Crippen LogP contribution in [0.25, 0.3) is 0 Å². The van der Waals surface area contributed by atoms with Crippen molar-refractivity contribution in [3.63, 3.8) is 0 Å². The van der Waals surface area contributed by atoms with Gasteiger partial charge in [0.2, 0.25) is 5.78 Å². The second-order valence-electron chi connectivity index (χ2n) is 7.16. The standard InChI is InChI=1S/C22H24N2O10S2/c1-10(25)30-8-15-18(31-11(2)26)19(32-12(3)27)20(33-13(4)28)21(34-15)24-22-23-7-16(36-22)17(29)14-5-6-35-9-14/h5-7,9,15,18-21H,8H2,1-4H3,(H,23,24)/t15-,18-,19+,20+,21?/m1/s1/i1D,2D,3D,4D. The van der Waals surface area contributed by atoms with Crippen LogP contribution in [0.1, 0.15) is 48.3 Å². The maximum Gasteiger partial charge on any atom is 0.303 e. The summed E-state index contributed by atoms with van der Waals surface area (Å²) < 4.78 is 55.9. The molecule has 0 amide bonds. The van der Waals surface area contributed by atoms with Crippen molar-refractivity contribution in [1.29, 1.82) is 0 Å². The van der Waals surface area contributed by atoms with Crippen LogP contribution in [0, 0.1) is 0 Å². The molecule has 5 atom stereocenters. The Morgan fingerprint density at radius 3 is 2.31 bits per heavy atom. The van der Waals surface area contributed by atoms with E-state index >= 15 is 0 Å². The summed E-state index contributed by atoms with van der Waals surface area (Å²) in [5.74, 6) is -4.48. The third kappa shape index (κ3) is 7.08. The molecule has 0 aliphatic carbocycles. The van der Waals surface area contributed by atoms with Crippen molar-refractivity contribution >= 4 is 57.5 Å². The summed E-state index contributed by atoms with van der Waals surface area (Å²) in [6.07, 6.45) is -6.28. The summed E-state index contributed by atoms with van der Waals surface area (Å²) in [5, 5.41) is 6.35. The van der Waals surface area contributed by atoms with Crippen molar-refractivity contribution in [3.8, 4) is 0 Å². The highest BCUT2D eigenvalue weighted by atomic mass is 32.1. The first-order valence-corrected chi connectivity index (χ1v) is 11.8. The van der Waals surface area contributed by atoms with E-state index in [-0.39, 0.29) is 15.8 Å². The Labute approximate surface area is 219 Å². The number of anilines is 1. The number of ether oxygens (including phenoxy) is 5. The highest BCUT2D eigenvalue weighted by Crippen LogP contribution is 2.31. The number of carbonyl (C=O) groups excluding carboxylic acids is 5. The van der Waals surface area contributed by atoms with E-state index in [4.69, 9.17) is 29.2 Å². The largest absolute Gasteiger partial charge is 0.463 e. The molecule has 0 radical (unpaired) electrons. The molecule has 12 nitrogen and oxygen atoms in total. The van der Waals surface area contributed by atoms with E-state index in [1.54, 1.807) is 16.8 Å².